The number of thioether (sulfide) groups is 1. The average Bonchev–Trinajstić information content (AvgIpc) is 3.64. The van der Waals surface area contributed by atoms with Crippen LogP contribution in [0, 0.1) is 11.8 Å². The van der Waals surface area contributed by atoms with Gasteiger partial charge in [-0.2, -0.15) is 0 Å². The molecule has 216 valence electrons. The number of aliphatic hydroxyl groups excluding tert-OH is 1. The van der Waals surface area contributed by atoms with E-state index in [-0.39, 0.29) is 42.7 Å². The van der Waals surface area contributed by atoms with Gasteiger partial charge in [0.2, 0.25) is 11.8 Å². The Bertz CT molecular complexity index is 1300. The Morgan fingerprint density at radius 1 is 1.05 bits per heavy atom. The first-order chi connectivity index (χ1) is 19.9. The van der Waals surface area contributed by atoms with Crippen molar-refractivity contribution in [1.29, 1.82) is 0 Å². The lowest BCUT2D eigenvalue weighted by Gasteiger charge is -2.37. The highest BCUT2D eigenvalue weighted by Gasteiger charge is 2.74. The minimum atomic E-state index is -0.758. The van der Waals surface area contributed by atoms with Crippen LogP contribution in [0.3, 0.4) is 0 Å². The van der Waals surface area contributed by atoms with Gasteiger partial charge >= 0.3 is 0 Å². The van der Waals surface area contributed by atoms with Crippen molar-refractivity contribution in [3.63, 3.8) is 0 Å². The second-order valence-electron chi connectivity index (χ2n) is 10.7. The molecule has 8 nitrogen and oxygen atoms in total. The molecule has 0 saturated carbocycles. The Hall–Kier alpha value is -3.56. The molecule has 2 unspecified atom stereocenters. The van der Waals surface area contributed by atoms with Gasteiger partial charge in [0.1, 0.15) is 11.8 Å². The first kappa shape index (κ1) is 29.0. The Balaban J connectivity index is 1.54. The molecule has 9 heteroatoms. The van der Waals surface area contributed by atoms with Crippen LogP contribution in [-0.2, 0) is 14.4 Å². The maximum absolute atomic E-state index is 14.5. The van der Waals surface area contributed by atoms with Crippen LogP contribution in [0.5, 0.6) is 5.75 Å². The third kappa shape index (κ3) is 4.95. The molecule has 3 aliphatic rings. The van der Waals surface area contributed by atoms with Gasteiger partial charge in [0, 0.05) is 42.9 Å². The molecule has 2 bridgehead atoms. The van der Waals surface area contributed by atoms with Crippen molar-refractivity contribution in [3.8, 4) is 5.75 Å². The number of amides is 3. The number of nitrogens with zero attached hydrogens (tertiary/aromatic N) is 3. The third-order valence-corrected chi connectivity index (χ3v) is 10.4. The SMILES string of the molecule is C=CCN(C(=O)C1N(CCCO)C(=O)[C@@H]2[C@H](C(=O)N(CC=C)c3ccccc3)[C@@H]3CCC12S3)c1ccc(OC)cc1. The van der Waals surface area contributed by atoms with E-state index in [4.69, 9.17) is 4.74 Å². The van der Waals surface area contributed by atoms with Gasteiger partial charge in [0.25, 0.3) is 5.91 Å². The van der Waals surface area contributed by atoms with Crippen LogP contribution in [0.1, 0.15) is 19.3 Å². The Kier molecular flexibility index (Phi) is 8.56. The normalized spacial score (nSPS) is 26.0. The van der Waals surface area contributed by atoms with Gasteiger partial charge in [-0.15, -0.1) is 24.9 Å². The lowest BCUT2D eigenvalue weighted by Crippen LogP contribution is -2.55. The molecular weight excluding hydrogens is 538 g/mol. The number of anilines is 2. The van der Waals surface area contributed by atoms with Gasteiger partial charge in [0.05, 0.1) is 23.7 Å². The van der Waals surface area contributed by atoms with Crippen molar-refractivity contribution in [2.45, 2.75) is 35.3 Å². The molecule has 3 fully saturated rings. The molecule has 0 aliphatic carbocycles. The smallest absolute Gasteiger partial charge is 0.251 e. The van der Waals surface area contributed by atoms with Crippen LogP contribution in [0.15, 0.2) is 79.9 Å². The number of hydrogen-bond donors (Lipinski definition) is 1. The van der Waals surface area contributed by atoms with E-state index in [2.05, 4.69) is 13.2 Å². The van der Waals surface area contributed by atoms with Crippen molar-refractivity contribution < 1.29 is 24.2 Å². The number of likely N-dealkylation sites (tertiary alicyclic amines) is 1. The molecule has 3 amide bonds. The molecule has 3 aliphatic heterocycles. The second-order valence-corrected chi connectivity index (χ2v) is 12.3. The highest BCUT2D eigenvalue weighted by Crippen LogP contribution is 2.66. The number of fused-ring (bicyclic) bond motifs is 1. The predicted octanol–water partition coefficient (Wildman–Crippen LogP) is 3.91. The van der Waals surface area contributed by atoms with E-state index in [1.165, 1.54) is 0 Å². The number of carbonyl (C=O) groups excluding carboxylic acids is 3. The first-order valence-electron chi connectivity index (χ1n) is 14.0. The number of benzene rings is 2. The number of hydrogen-bond acceptors (Lipinski definition) is 6. The van der Waals surface area contributed by atoms with Crippen LogP contribution in [-0.4, -0.2) is 77.1 Å². The fourth-order valence-corrected chi connectivity index (χ4v) is 9.00. The fraction of sp³-hybridized carbons (Fsp3) is 0.406. The summed E-state index contributed by atoms with van der Waals surface area (Å²) in [5.41, 5.74) is 1.43. The zero-order valence-electron chi connectivity index (χ0n) is 23.4. The summed E-state index contributed by atoms with van der Waals surface area (Å²) >= 11 is 1.64. The fourth-order valence-electron chi connectivity index (χ4n) is 6.80. The minimum Gasteiger partial charge on any atom is -0.497 e. The highest BCUT2D eigenvalue weighted by molar-refractivity contribution is 8.02. The molecule has 41 heavy (non-hydrogen) atoms. The number of rotatable bonds is 12. The van der Waals surface area contributed by atoms with E-state index in [1.54, 1.807) is 57.9 Å². The quantitative estimate of drug-likeness (QED) is 0.386. The Morgan fingerprint density at radius 3 is 2.29 bits per heavy atom. The van der Waals surface area contributed by atoms with Crippen LogP contribution in [0.4, 0.5) is 11.4 Å². The largest absolute Gasteiger partial charge is 0.497 e. The van der Waals surface area contributed by atoms with Crippen molar-refractivity contribution in [2.24, 2.45) is 11.8 Å². The van der Waals surface area contributed by atoms with Crippen LogP contribution in [0.2, 0.25) is 0 Å². The summed E-state index contributed by atoms with van der Waals surface area (Å²) in [5, 5.41) is 9.60. The summed E-state index contributed by atoms with van der Waals surface area (Å²) in [5.74, 6) is -0.982. The van der Waals surface area contributed by atoms with E-state index < -0.39 is 22.6 Å². The number of aliphatic hydroxyl groups is 1. The number of para-hydroxylation sites is 1. The molecule has 0 radical (unpaired) electrons. The number of methoxy groups -OCH3 is 1. The standard InChI is InChI=1S/C32H37N3O5S/c1-4-18-33(22-10-7-6-8-11-22)29(37)26-25-16-17-32(41-25)27(26)30(38)35(20-9-21-36)28(32)31(39)34(19-5-2)23-12-14-24(40-3)15-13-23/h4-8,10-15,25-28,36H,1-2,9,16-21H2,3H3/t25-,26+,27-,28?,32?/m0/s1. The molecule has 5 rings (SSSR count). The zero-order valence-corrected chi connectivity index (χ0v) is 24.2. The first-order valence-corrected chi connectivity index (χ1v) is 14.9. The zero-order chi connectivity index (χ0) is 29.1. The van der Waals surface area contributed by atoms with Crippen LogP contribution in [0.25, 0.3) is 0 Å². The highest BCUT2D eigenvalue weighted by atomic mass is 32.2. The maximum Gasteiger partial charge on any atom is 0.251 e. The molecule has 1 N–H and O–H groups in total. The van der Waals surface area contributed by atoms with Gasteiger partial charge in [-0.3, -0.25) is 14.4 Å². The van der Waals surface area contributed by atoms with Gasteiger partial charge < -0.3 is 24.5 Å². The average molecular weight is 576 g/mol. The Labute approximate surface area is 245 Å². The summed E-state index contributed by atoms with van der Waals surface area (Å²) in [6.07, 6.45) is 5.14. The molecule has 2 aromatic rings. The van der Waals surface area contributed by atoms with E-state index in [9.17, 15) is 19.5 Å². The Morgan fingerprint density at radius 2 is 1.68 bits per heavy atom. The van der Waals surface area contributed by atoms with Gasteiger partial charge in [0.15, 0.2) is 0 Å². The molecule has 0 aromatic heterocycles. The number of ether oxygens (including phenoxy) is 1. The molecule has 1 spiro atoms. The second kappa shape index (κ2) is 12.1. The molecule has 3 heterocycles. The van der Waals surface area contributed by atoms with E-state index in [0.717, 1.165) is 12.1 Å². The van der Waals surface area contributed by atoms with E-state index in [0.29, 0.717) is 30.8 Å². The molecule has 5 atom stereocenters. The van der Waals surface area contributed by atoms with Crippen molar-refractivity contribution >= 4 is 40.9 Å². The summed E-state index contributed by atoms with van der Waals surface area (Å²) in [6, 6.07) is 15.9. The summed E-state index contributed by atoms with van der Waals surface area (Å²) < 4.78 is 4.57. The predicted molar refractivity (Wildman–Crippen MR) is 162 cm³/mol. The lowest BCUT2D eigenvalue weighted by atomic mass is 9.70. The monoisotopic (exact) mass is 575 g/mol. The summed E-state index contributed by atoms with van der Waals surface area (Å²) in [7, 11) is 1.59. The van der Waals surface area contributed by atoms with Gasteiger partial charge in [-0.1, -0.05) is 30.4 Å². The molecular formula is C32H37N3O5S. The third-order valence-electron chi connectivity index (χ3n) is 8.48. The van der Waals surface area contributed by atoms with Gasteiger partial charge in [-0.25, -0.2) is 0 Å². The van der Waals surface area contributed by atoms with Crippen molar-refractivity contribution in [3.05, 3.63) is 79.9 Å². The van der Waals surface area contributed by atoms with Crippen LogP contribution >= 0.6 is 11.8 Å². The van der Waals surface area contributed by atoms with Gasteiger partial charge in [-0.05, 0) is 55.7 Å². The number of carbonyl (C=O) groups is 3. The topological polar surface area (TPSA) is 90.4 Å². The maximum atomic E-state index is 14.5. The molecule has 3 saturated heterocycles. The molecule has 2 aromatic carbocycles. The minimum absolute atomic E-state index is 0.0587. The summed E-state index contributed by atoms with van der Waals surface area (Å²) in [4.78, 5) is 48.1. The lowest BCUT2D eigenvalue weighted by molar-refractivity contribution is -0.139. The van der Waals surface area contributed by atoms with E-state index in [1.807, 2.05) is 42.5 Å². The van der Waals surface area contributed by atoms with Crippen LogP contribution < -0.4 is 14.5 Å². The summed E-state index contributed by atoms with van der Waals surface area (Å²) in [6.45, 7) is 8.46. The van der Waals surface area contributed by atoms with Crippen molar-refractivity contribution in [1.82, 2.24) is 4.90 Å². The van der Waals surface area contributed by atoms with Crippen molar-refractivity contribution in [2.75, 3.05) is 43.2 Å². The van der Waals surface area contributed by atoms with E-state index >= 15 is 0 Å².